The van der Waals surface area contributed by atoms with E-state index in [4.69, 9.17) is 10.5 Å². The van der Waals surface area contributed by atoms with E-state index < -0.39 is 5.54 Å². The van der Waals surface area contributed by atoms with E-state index >= 15 is 0 Å². The fourth-order valence-corrected chi connectivity index (χ4v) is 2.33. The van der Waals surface area contributed by atoms with Crippen LogP contribution in [0.15, 0.2) is 12.4 Å². The number of aromatic amines is 1. The van der Waals surface area contributed by atoms with Crippen LogP contribution in [-0.2, 0) is 21.5 Å². The zero-order valence-corrected chi connectivity index (χ0v) is 9.04. The van der Waals surface area contributed by atoms with E-state index in [1.54, 1.807) is 0 Å². The van der Waals surface area contributed by atoms with Crippen molar-refractivity contribution in [3.8, 4) is 0 Å². The minimum absolute atomic E-state index is 0.105. The van der Waals surface area contributed by atoms with Crippen molar-refractivity contribution < 1.29 is 9.53 Å². The molecule has 82 valence electrons. The Labute approximate surface area is 88.8 Å². The van der Waals surface area contributed by atoms with Gasteiger partial charge in [0.2, 0.25) is 0 Å². The number of fused-ring (bicyclic) bond motifs is 1. The molecule has 4 nitrogen and oxygen atoms in total. The maximum Gasteiger partial charge on any atom is 0.330 e. The molecule has 4 heteroatoms. The molecule has 0 aromatic carbocycles. The summed E-state index contributed by atoms with van der Waals surface area (Å²) in [5, 5.41) is 0. The van der Waals surface area contributed by atoms with Gasteiger partial charge in [-0.15, -0.1) is 0 Å². The van der Waals surface area contributed by atoms with Crippen LogP contribution in [0.1, 0.15) is 24.5 Å². The van der Waals surface area contributed by atoms with Crippen LogP contribution in [0.5, 0.6) is 0 Å². The Bertz CT molecular complexity index is 386. The van der Waals surface area contributed by atoms with Gasteiger partial charge in [-0.25, -0.2) is 4.79 Å². The number of methoxy groups -OCH3 is 1. The van der Waals surface area contributed by atoms with Crippen LogP contribution < -0.4 is 5.73 Å². The first-order valence-electron chi connectivity index (χ1n) is 5.14. The molecule has 1 heterocycles. The molecule has 0 saturated carbocycles. The molecule has 2 rings (SSSR count). The van der Waals surface area contributed by atoms with Gasteiger partial charge in [-0.1, -0.05) is 6.92 Å². The fourth-order valence-electron chi connectivity index (χ4n) is 2.33. The fraction of sp³-hybridized carbons (Fsp3) is 0.545. The number of carbonyl (C=O) groups excluding carboxylic acids is 1. The molecule has 2 atom stereocenters. The average Bonchev–Trinajstić information content (AvgIpc) is 2.71. The molecule has 0 saturated heterocycles. The third-order valence-corrected chi connectivity index (χ3v) is 3.42. The number of ether oxygens (including phenoxy) is 1. The number of carbonyl (C=O) groups is 1. The monoisotopic (exact) mass is 208 g/mol. The quantitative estimate of drug-likeness (QED) is 0.674. The van der Waals surface area contributed by atoms with Gasteiger partial charge in [0.25, 0.3) is 0 Å². The Morgan fingerprint density at radius 2 is 2.40 bits per heavy atom. The molecular weight excluding hydrogens is 192 g/mol. The van der Waals surface area contributed by atoms with Gasteiger partial charge in [-0.2, -0.15) is 0 Å². The number of esters is 1. The van der Waals surface area contributed by atoms with Crippen molar-refractivity contribution in [1.82, 2.24) is 4.98 Å². The van der Waals surface area contributed by atoms with Gasteiger partial charge in [0.15, 0.2) is 0 Å². The van der Waals surface area contributed by atoms with E-state index in [-0.39, 0.29) is 11.9 Å². The molecule has 2 unspecified atom stereocenters. The summed E-state index contributed by atoms with van der Waals surface area (Å²) in [4.78, 5) is 14.8. The number of hydrogen-bond acceptors (Lipinski definition) is 3. The molecule has 1 aromatic heterocycles. The van der Waals surface area contributed by atoms with E-state index in [9.17, 15) is 4.79 Å². The first-order chi connectivity index (χ1) is 7.10. The van der Waals surface area contributed by atoms with Crippen molar-refractivity contribution in [2.75, 3.05) is 7.11 Å². The van der Waals surface area contributed by atoms with Gasteiger partial charge in [-0.3, -0.25) is 0 Å². The number of hydrogen-bond donors (Lipinski definition) is 2. The highest BCUT2D eigenvalue weighted by Crippen LogP contribution is 2.38. The number of nitrogens with two attached hydrogens (primary N) is 1. The van der Waals surface area contributed by atoms with Crippen LogP contribution in [-0.4, -0.2) is 18.1 Å². The summed E-state index contributed by atoms with van der Waals surface area (Å²) < 4.78 is 4.81. The summed E-state index contributed by atoms with van der Waals surface area (Å²) >= 11 is 0. The summed E-state index contributed by atoms with van der Waals surface area (Å²) in [5.74, 6) is -0.246. The van der Waals surface area contributed by atoms with E-state index in [0.29, 0.717) is 0 Å². The third-order valence-electron chi connectivity index (χ3n) is 3.42. The van der Waals surface area contributed by atoms with Gasteiger partial charge < -0.3 is 15.5 Å². The van der Waals surface area contributed by atoms with E-state index in [1.807, 2.05) is 19.3 Å². The largest absolute Gasteiger partial charge is 0.467 e. The summed E-state index contributed by atoms with van der Waals surface area (Å²) in [6, 6.07) is 0. The Morgan fingerprint density at radius 1 is 1.67 bits per heavy atom. The lowest BCUT2D eigenvalue weighted by Gasteiger charge is -2.36. The second kappa shape index (κ2) is 3.38. The lowest BCUT2D eigenvalue weighted by atomic mass is 9.72. The lowest BCUT2D eigenvalue weighted by Crippen LogP contribution is -2.53. The second-order valence-corrected chi connectivity index (χ2v) is 4.19. The van der Waals surface area contributed by atoms with Gasteiger partial charge in [0.05, 0.1) is 7.11 Å². The zero-order chi connectivity index (χ0) is 11.1. The smallest absolute Gasteiger partial charge is 0.330 e. The summed E-state index contributed by atoms with van der Waals surface area (Å²) in [6.07, 6.45) is 5.60. The lowest BCUT2D eigenvalue weighted by molar-refractivity contribution is -0.150. The first-order valence-corrected chi connectivity index (χ1v) is 5.14. The first kappa shape index (κ1) is 10.2. The highest BCUT2D eigenvalue weighted by atomic mass is 16.5. The summed E-state index contributed by atoms with van der Waals surface area (Å²) in [6.45, 7) is 1.99. The topological polar surface area (TPSA) is 68.1 Å². The van der Waals surface area contributed by atoms with Crippen molar-refractivity contribution in [2.45, 2.75) is 25.3 Å². The standard InChI is InChI=1S/C11H16N2O2/c1-7-3-4-8-5-13-6-9(8)11(7,12)10(14)15-2/h5-7,13H,3-4,12H2,1-2H3. The molecule has 15 heavy (non-hydrogen) atoms. The van der Waals surface area contributed by atoms with E-state index in [0.717, 1.165) is 24.0 Å². The Kier molecular flexibility index (Phi) is 2.31. The van der Waals surface area contributed by atoms with Crippen LogP contribution in [0, 0.1) is 5.92 Å². The van der Waals surface area contributed by atoms with E-state index in [2.05, 4.69) is 4.98 Å². The minimum atomic E-state index is -0.984. The Hall–Kier alpha value is -1.29. The molecule has 1 aliphatic rings. The maximum atomic E-state index is 11.8. The van der Waals surface area contributed by atoms with Crippen molar-refractivity contribution in [1.29, 1.82) is 0 Å². The highest BCUT2D eigenvalue weighted by molar-refractivity contribution is 5.83. The zero-order valence-electron chi connectivity index (χ0n) is 9.04. The molecule has 0 spiro atoms. The van der Waals surface area contributed by atoms with Crippen molar-refractivity contribution in [2.24, 2.45) is 11.7 Å². The predicted molar refractivity (Wildman–Crippen MR) is 56.2 cm³/mol. The summed E-state index contributed by atoms with van der Waals surface area (Å²) in [5.41, 5.74) is 7.24. The van der Waals surface area contributed by atoms with Gasteiger partial charge >= 0.3 is 5.97 Å². The van der Waals surface area contributed by atoms with Crippen LogP contribution in [0.3, 0.4) is 0 Å². The van der Waals surface area contributed by atoms with Crippen molar-refractivity contribution in [3.63, 3.8) is 0 Å². The molecule has 1 aromatic rings. The number of aryl methyl sites for hydroxylation is 1. The number of rotatable bonds is 1. The molecule has 0 radical (unpaired) electrons. The highest BCUT2D eigenvalue weighted by Gasteiger charge is 2.46. The number of aromatic nitrogens is 1. The van der Waals surface area contributed by atoms with Crippen molar-refractivity contribution >= 4 is 5.97 Å². The molecule has 1 aliphatic carbocycles. The van der Waals surface area contributed by atoms with Crippen LogP contribution >= 0.6 is 0 Å². The molecule has 0 fully saturated rings. The Morgan fingerprint density at radius 3 is 3.07 bits per heavy atom. The molecule has 0 aliphatic heterocycles. The molecule has 0 amide bonds. The summed E-state index contributed by atoms with van der Waals surface area (Å²) in [7, 11) is 1.38. The average molecular weight is 208 g/mol. The molecular formula is C11H16N2O2. The number of H-pyrrole nitrogens is 1. The van der Waals surface area contributed by atoms with Crippen molar-refractivity contribution in [3.05, 3.63) is 23.5 Å². The van der Waals surface area contributed by atoms with E-state index in [1.165, 1.54) is 7.11 Å². The third kappa shape index (κ3) is 1.28. The minimum Gasteiger partial charge on any atom is -0.467 e. The van der Waals surface area contributed by atoms with Crippen LogP contribution in [0.25, 0.3) is 0 Å². The van der Waals surface area contributed by atoms with Crippen LogP contribution in [0.4, 0.5) is 0 Å². The maximum absolute atomic E-state index is 11.8. The second-order valence-electron chi connectivity index (χ2n) is 4.19. The van der Waals surface area contributed by atoms with Gasteiger partial charge in [-0.05, 0) is 24.3 Å². The molecule has 0 bridgehead atoms. The van der Waals surface area contributed by atoms with Crippen LogP contribution in [0.2, 0.25) is 0 Å². The number of nitrogens with one attached hydrogen (secondary N) is 1. The molecule has 3 N–H and O–H groups in total. The predicted octanol–water partition coefficient (Wildman–Crippen LogP) is 0.924. The Balaban J connectivity index is 2.51. The van der Waals surface area contributed by atoms with Gasteiger partial charge in [0.1, 0.15) is 5.54 Å². The van der Waals surface area contributed by atoms with Gasteiger partial charge in [0, 0.05) is 18.0 Å². The normalized spacial score (nSPS) is 29.7. The SMILES string of the molecule is COC(=O)C1(N)c2c[nH]cc2CCC1C.